The first-order chi connectivity index (χ1) is 12.8. The predicted octanol–water partition coefficient (Wildman–Crippen LogP) is 5.07. The Kier molecular flexibility index (Phi) is 5.68. The summed E-state index contributed by atoms with van der Waals surface area (Å²) in [5.74, 6) is -1.39. The number of rotatable bonds is 5. The topological polar surface area (TPSA) is 51.2 Å². The minimum absolute atomic E-state index is 0.0180. The third-order valence-corrected chi connectivity index (χ3v) is 8.20. The summed E-state index contributed by atoms with van der Waals surface area (Å²) < 4.78 is 54.1. The lowest BCUT2D eigenvalue weighted by Crippen LogP contribution is -2.40. The molecule has 1 fully saturated rings. The number of carbonyl (C=O) groups is 1. The highest BCUT2D eigenvalue weighted by Gasteiger charge is 2.49. The molecular formula is C20H19ClF2O3S. The van der Waals surface area contributed by atoms with Gasteiger partial charge in [-0.2, -0.15) is 0 Å². The highest BCUT2D eigenvalue weighted by molar-refractivity contribution is 7.92. The molecule has 0 aromatic heterocycles. The fourth-order valence-electron chi connectivity index (χ4n) is 3.88. The molecule has 0 bridgehead atoms. The number of benzene rings is 2. The van der Waals surface area contributed by atoms with E-state index in [0.717, 1.165) is 24.5 Å². The van der Waals surface area contributed by atoms with E-state index in [0.29, 0.717) is 24.3 Å². The maximum absolute atomic E-state index is 14.6. The molecule has 2 aromatic rings. The van der Waals surface area contributed by atoms with E-state index in [1.54, 1.807) is 0 Å². The van der Waals surface area contributed by atoms with Crippen LogP contribution in [-0.4, -0.2) is 14.7 Å². The van der Waals surface area contributed by atoms with Crippen molar-refractivity contribution >= 4 is 27.7 Å². The number of aldehydes is 1. The Morgan fingerprint density at radius 1 is 1.07 bits per heavy atom. The summed E-state index contributed by atoms with van der Waals surface area (Å²) in [6.45, 7) is 0. The van der Waals surface area contributed by atoms with Crippen molar-refractivity contribution in [3.8, 4) is 0 Å². The summed E-state index contributed by atoms with van der Waals surface area (Å²) in [5, 5.41) is 0.384. The number of sulfone groups is 1. The largest absolute Gasteiger partial charge is 0.303 e. The average molecular weight is 413 g/mol. The summed E-state index contributed by atoms with van der Waals surface area (Å²) in [7, 11) is -4.02. The maximum Gasteiger partial charge on any atom is 0.188 e. The van der Waals surface area contributed by atoms with Crippen LogP contribution < -0.4 is 0 Å². The summed E-state index contributed by atoms with van der Waals surface area (Å²) in [5.41, 5.74) is -0.151. The van der Waals surface area contributed by atoms with E-state index in [4.69, 9.17) is 11.6 Å². The summed E-state index contributed by atoms with van der Waals surface area (Å²) in [4.78, 5) is 10.8. The average Bonchev–Trinajstić information content (AvgIpc) is 2.65. The minimum Gasteiger partial charge on any atom is -0.303 e. The second-order valence-electron chi connectivity index (χ2n) is 6.92. The molecule has 0 heterocycles. The van der Waals surface area contributed by atoms with Crippen LogP contribution in [0.4, 0.5) is 8.78 Å². The van der Waals surface area contributed by atoms with Crippen molar-refractivity contribution in [3.05, 3.63) is 64.7 Å². The first kappa shape index (κ1) is 20.0. The lowest BCUT2D eigenvalue weighted by atomic mass is 9.77. The standard InChI is InChI=1S/C20H19ClF2O3S/c21-15-1-4-17(5-2-15)27(25,26)20(10-7-14(8-11-20)9-12-24)18-13-16(22)3-6-19(18)23/h1-6,12-14H,7-11H2/t14-,20-. The van der Waals surface area contributed by atoms with Crippen molar-refractivity contribution < 1.29 is 22.0 Å². The fourth-order valence-corrected chi connectivity index (χ4v) is 6.18. The van der Waals surface area contributed by atoms with Gasteiger partial charge in [-0.05, 0) is 74.1 Å². The zero-order chi connectivity index (χ0) is 19.7. The van der Waals surface area contributed by atoms with Gasteiger partial charge in [0.15, 0.2) is 9.84 Å². The molecule has 0 radical (unpaired) electrons. The van der Waals surface area contributed by atoms with Crippen LogP contribution in [0.5, 0.6) is 0 Å². The van der Waals surface area contributed by atoms with Gasteiger partial charge in [-0.1, -0.05) is 11.6 Å². The van der Waals surface area contributed by atoms with E-state index in [9.17, 15) is 22.0 Å². The first-order valence-electron chi connectivity index (χ1n) is 8.69. The molecule has 0 saturated heterocycles. The third kappa shape index (κ3) is 3.65. The number of hydrogen-bond acceptors (Lipinski definition) is 3. The minimum atomic E-state index is -4.02. The molecule has 144 valence electrons. The Labute approximate surface area is 162 Å². The van der Waals surface area contributed by atoms with Gasteiger partial charge >= 0.3 is 0 Å². The summed E-state index contributed by atoms with van der Waals surface area (Å²) in [6, 6.07) is 8.59. The summed E-state index contributed by atoms with van der Waals surface area (Å²) >= 11 is 5.86. The van der Waals surface area contributed by atoms with Crippen LogP contribution >= 0.6 is 11.6 Å². The van der Waals surface area contributed by atoms with Crippen LogP contribution in [-0.2, 0) is 19.4 Å². The van der Waals surface area contributed by atoms with Gasteiger partial charge in [-0.15, -0.1) is 0 Å². The summed E-state index contributed by atoms with van der Waals surface area (Å²) in [6.07, 6.45) is 2.29. The van der Waals surface area contributed by atoms with Gasteiger partial charge in [0.2, 0.25) is 0 Å². The second-order valence-corrected chi connectivity index (χ2v) is 9.62. The Hall–Kier alpha value is -1.79. The number of carbonyl (C=O) groups excluding carboxylic acids is 1. The molecule has 1 saturated carbocycles. The van der Waals surface area contributed by atoms with E-state index in [2.05, 4.69) is 0 Å². The highest BCUT2D eigenvalue weighted by Crippen LogP contribution is 2.49. The molecule has 2 aromatic carbocycles. The molecule has 3 nitrogen and oxygen atoms in total. The van der Waals surface area contributed by atoms with Gasteiger partial charge < -0.3 is 4.79 Å². The second kappa shape index (κ2) is 7.68. The van der Waals surface area contributed by atoms with Crippen LogP contribution in [0.2, 0.25) is 5.02 Å². The Balaban J connectivity index is 2.15. The Morgan fingerprint density at radius 3 is 2.30 bits per heavy atom. The van der Waals surface area contributed by atoms with Crippen molar-refractivity contribution in [2.24, 2.45) is 5.92 Å². The number of hydrogen-bond donors (Lipinski definition) is 0. The van der Waals surface area contributed by atoms with Gasteiger partial charge in [0.25, 0.3) is 0 Å². The van der Waals surface area contributed by atoms with Gasteiger partial charge in [0, 0.05) is 17.0 Å². The van der Waals surface area contributed by atoms with E-state index in [-0.39, 0.29) is 29.2 Å². The molecule has 7 heteroatoms. The predicted molar refractivity (Wildman–Crippen MR) is 99.3 cm³/mol. The van der Waals surface area contributed by atoms with Crippen molar-refractivity contribution in [2.75, 3.05) is 0 Å². The molecule has 0 unspecified atom stereocenters. The molecule has 0 amide bonds. The van der Waals surface area contributed by atoms with Crippen LogP contribution in [0.1, 0.15) is 37.7 Å². The SMILES string of the molecule is O=CC[C@H]1CC[C@](c2cc(F)ccc2F)(S(=O)(=O)c2ccc(Cl)cc2)CC1. The highest BCUT2D eigenvalue weighted by atomic mass is 35.5. The van der Waals surface area contributed by atoms with Gasteiger partial charge in [-0.25, -0.2) is 17.2 Å². The van der Waals surface area contributed by atoms with E-state index in [1.165, 1.54) is 24.3 Å². The molecule has 3 rings (SSSR count). The lowest BCUT2D eigenvalue weighted by Gasteiger charge is -2.40. The lowest BCUT2D eigenvalue weighted by molar-refractivity contribution is -0.108. The van der Waals surface area contributed by atoms with Crippen LogP contribution in [0.25, 0.3) is 0 Å². The molecule has 1 aliphatic carbocycles. The normalized spacial score (nSPS) is 23.1. The fraction of sp³-hybridized carbons (Fsp3) is 0.350. The Bertz CT molecular complexity index is 934. The molecular weight excluding hydrogens is 394 g/mol. The van der Waals surface area contributed by atoms with Gasteiger partial charge in [0.1, 0.15) is 22.7 Å². The molecule has 1 aliphatic rings. The molecule has 0 atom stereocenters. The quantitative estimate of drug-likeness (QED) is 0.644. The van der Waals surface area contributed by atoms with Crippen molar-refractivity contribution in [1.29, 1.82) is 0 Å². The zero-order valence-corrected chi connectivity index (χ0v) is 16.1. The smallest absolute Gasteiger partial charge is 0.188 e. The van der Waals surface area contributed by atoms with Crippen LogP contribution in [0.15, 0.2) is 47.4 Å². The molecule has 0 N–H and O–H groups in total. The monoisotopic (exact) mass is 412 g/mol. The van der Waals surface area contributed by atoms with Crippen LogP contribution in [0.3, 0.4) is 0 Å². The van der Waals surface area contributed by atoms with Crippen molar-refractivity contribution in [1.82, 2.24) is 0 Å². The Morgan fingerprint density at radius 2 is 1.70 bits per heavy atom. The van der Waals surface area contributed by atoms with Gasteiger partial charge in [0.05, 0.1) is 4.90 Å². The molecule has 0 spiro atoms. The van der Waals surface area contributed by atoms with Crippen molar-refractivity contribution in [2.45, 2.75) is 41.7 Å². The van der Waals surface area contributed by atoms with E-state index >= 15 is 0 Å². The molecule has 27 heavy (non-hydrogen) atoms. The first-order valence-corrected chi connectivity index (χ1v) is 10.6. The number of halogens is 3. The van der Waals surface area contributed by atoms with Gasteiger partial charge in [-0.3, -0.25) is 0 Å². The zero-order valence-electron chi connectivity index (χ0n) is 14.5. The molecule has 0 aliphatic heterocycles. The third-order valence-electron chi connectivity index (χ3n) is 5.40. The van der Waals surface area contributed by atoms with Crippen molar-refractivity contribution in [3.63, 3.8) is 0 Å². The maximum atomic E-state index is 14.6. The van der Waals surface area contributed by atoms with E-state index < -0.39 is 26.2 Å². The van der Waals surface area contributed by atoms with E-state index in [1.807, 2.05) is 0 Å². The van der Waals surface area contributed by atoms with Crippen LogP contribution in [0, 0.1) is 17.6 Å².